The summed E-state index contributed by atoms with van der Waals surface area (Å²) >= 11 is 1.39. The number of nitrogens with one attached hydrogen (secondary N) is 1. The van der Waals surface area contributed by atoms with E-state index in [0.29, 0.717) is 17.1 Å². The Hall–Kier alpha value is -2.19. The molecule has 0 aliphatic carbocycles. The number of carbonyl (C=O) groups is 2. The zero-order valence-corrected chi connectivity index (χ0v) is 16.3. The van der Waals surface area contributed by atoms with E-state index in [4.69, 9.17) is 4.74 Å². The van der Waals surface area contributed by atoms with E-state index < -0.39 is 5.97 Å². The maximum absolute atomic E-state index is 12.4. The molecule has 0 aliphatic heterocycles. The molecular formula is C17H24N4O3S. The van der Waals surface area contributed by atoms with Crippen LogP contribution < -0.4 is 5.32 Å². The number of rotatable bonds is 6. The first-order valence-corrected chi connectivity index (χ1v) is 8.70. The Morgan fingerprint density at radius 3 is 2.60 bits per heavy atom. The van der Waals surface area contributed by atoms with Crippen LogP contribution in [0.1, 0.15) is 32.1 Å². The molecule has 0 fully saturated rings. The molecule has 2 rings (SSSR count). The van der Waals surface area contributed by atoms with Crippen LogP contribution in [0, 0.1) is 20.8 Å². The highest BCUT2D eigenvalue weighted by molar-refractivity contribution is 7.16. The normalized spacial score (nSPS) is 11.0. The van der Waals surface area contributed by atoms with Crippen LogP contribution in [-0.2, 0) is 23.1 Å². The van der Waals surface area contributed by atoms with E-state index in [1.165, 1.54) is 18.4 Å². The monoisotopic (exact) mass is 364 g/mol. The van der Waals surface area contributed by atoms with E-state index >= 15 is 0 Å². The second kappa shape index (κ2) is 7.79. The van der Waals surface area contributed by atoms with Crippen molar-refractivity contribution >= 4 is 28.2 Å². The van der Waals surface area contributed by atoms with Crippen molar-refractivity contribution in [1.29, 1.82) is 0 Å². The lowest BCUT2D eigenvalue weighted by atomic mass is 10.1. The molecule has 0 bridgehead atoms. The molecule has 0 radical (unpaired) electrons. The van der Waals surface area contributed by atoms with Gasteiger partial charge in [-0.1, -0.05) is 0 Å². The van der Waals surface area contributed by atoms with Crippen LogP contribution in [0.25, 0.3) is 0 Å². The highest BCUT2D eigenvalue weighted by atomic mass is 32.1. The Labute approximate surface area is 151 Å². The number of nitrogens with zero attached hydrogens (tertiary/aromatic N) is 3. The first kappa shape index (κ1) is 19.1. The summed E-state index contributed by atoms with van der Waals surface area (Å²) < 4.78 is 6.63. The number of ether oxygens (including phenoxy) is 1. The fraction of sp³-hybridized carbons (Fsp3) is 0.471. The number of esters is 1. The number of likely N-dealkylation sites (N-methyl/N-ethyl adjacent to an activating group) is 1. The number of aromatic nitrogens is 2. The number of thiophene rings is 1. The predicted molar refractivity (Wildman–Crippen MR) is 98.0 cm³/mol. The smallest absolute Gasteiger partial charge is 0.341 e. The van der Waals surface area contributed by atoms with Gasteiger partial charge in [-0.05, 0) is 33.4 Å². The molecule has 7 nitrogen and oxygen atoms in total. The van der Waals surface area contributed by atoms with Crippen LogP contribution in [0.5, 0.6) is 0 Å². The molecular weight excluding hydrogens is 340 g/mol. The summed E-state index contributed by atoms with van der Waals surface area (Å²) in [4.78, 5) is 27.2. The summed E-state index contributed by atoms with van der Waals surface area (Å²) in [6.07, 6.45) is 1.81. The second-order valence-electron chi connectivity index (χ2n) is 6.08. The Morgan fingerprint density at radius 1 is 1.36 bits per heavy atom. The third kappa shape index (κ3) is 4.26. The van der Waals surface area contributed by atoms with Gasteiger partial charge < -0.3 is 10.1 Å². The number of carbonyl (C=O) groups excluding carboxylic acids is 2. The van der Waals surface area contributed by atoms with Gasteiger partial charge in [0.1, 0.15) is 5.00 Å². The van der Waals surface area contributed by atoms with E-state index in [9.17, 15) is 9.59 Å². The molecule has 2 aromatic heterocycles. The molecule has 2 aromatic rings. The van der Waals surface area contributed by atoms with Crippen LogP contribution in [0.15, 0.2) is 6.20 Å². The quantitative estimate of drug-likeness (QED) is 0.796. The molecule has 25 heavy (non-hydrogen) atoms. The standard InChI is InChI=1S/C17H24N4O3S/c1-10-12(3)25-16(15(10)17(23)24-6)19-14(22)9-20(4)8-13-7-18-21(5)11(13)2/h7H,8-9H2,1-6H3,(H,19,22). The van der Waals surface area contributed by atoms with Crippen LogP contribution in [0.2, 0.25) is 0 Å². The number of hydrogen-bond donors (Lipinski definition) is 1. The van der Waals surface area contributed by atoms with Crippen LogP contribution in [0.3, 0.4) is 0 Å². The number of aryl methyl sites for hydroxylation is 2. The Kier molecular flexibility index (Phi) is 5.97. The Balaban J connectivity index is 2.04. The van der Waals surface area contributed by atoms with Gasteiger partial charge in [0.05, 0.1) is 25.4 Å². The summed E-state index contributed by atoms with van der Waals surface area (Å²) in [5.74, 6) is -0.605. The minimum atomic E-state index is -0.434. The van der Waals surface area contributed by atoms with Crippen molar-refractivity contribution in [2.45, 2.75) is 27.3 Å². The summed E-state index contributed by atoms with van der Waals surface area (Å²) in [6.45, 7) is 6.60. The topological polar surface area (TPSA) is 76.5 Å². The van der Waals surface area contributed by atoms with Crippen LogP contribution in [0.4, 0.5) is 5.00 Å². The molecule has 1 N–H and O–H groups in total. The fourth-order valence-corrected chi connectivity index (χ4v) is 3.58. The van der Waals surface area contributed by atoms with Gasteiger partial charge in [0.15, 0.2) is 0 Å². The minimum absolute atomic E-state index is 0.171. The van der Waals surface area contributed by atoms with Crippen molar-refractivity contribution in [3.8, 4) is 0 Å². The fourth-order valence-electron chi connectivity index (χ4n) is 2.52. The summed E-state index contributed by atoms with van der Waals surface area (Å²) in [7, 11) is 5.10. The molecule has 0 unspecified atom stereocenters. The molecule has 0 aromatic carbocycles. The van der Waals surface area contributed by atoms with Crippen LogP contribution in [-0.4, -0.2) is 47.3 Å². The molecule has 136 valence electrons. The average molecular weight is 364 g/mol. The zero-order chi connectivity index (χ0) is 18.7. The Bertz CT molecular complexity index is 794. The molecule has 1 amide bonds. The lowest BCUT2D eigenvalue weighted by Crippen LogP contribution is -2.30. The molecule has 0 aliphatic rings. The van der Waals surface area contributed by atoms with Crippen molar-refractivity contribution in [2.24, 2.45) is 7.05 Å². The highest BCUT2D eigenvalue weighted by Crippen LogP contribution is 2.32. The second-order valence-corrected chi connectivity index (χ2v) is 7.30. The van der Waals surface area contributed by atoms with Gasteiger partial charge in [0.2, 0.25) is 5.91 Å². The lowest BCUT2D eigenvalue weighted by molar-refractivity contribution is -0.117. The zero-order valence-electron chi connectivity index (χ0n) is 15.5. The van der Waals surface area contributed by atoms with Gasteiger partial charge in [0, 0.05) is 29.7 Å². The first-order valence-electron chi connectivity index (χ1n) is 7.88. The summed E-state index contributed by atoms with van der Waals surface area (Å²) in [6, 6.07) is 0. The molecule has 8 heteroatoms. The van der Waals surface area contributed by atoms with Gasteiger partial charge in [-0.2, -0.15) is 5.10 Å². The van der Waals surface area contributed by atoms with E-state index in [1.54, 1.807) is 0 Å². The number of hydrogen-bond acceptors (Lipinski definition) is 6. The van der Waals surface area contributed by atoms with Gasteiger partial charge in [0.25, 0.3) is 0 Å². The maximum Gasteiger partial charge on any atom is 0.341 e. The SMILES string of the molecule is COC(=O)c1c(NC(=O)CN(C)Cc2cnn(C)c2C)sc(C)c1C. The summed E-state index contributed by atoms with van der Waals surface area (Å²) in [5, 5.41) is 7.59. The van der Waals surface area contributed by atoms with Gasteiger partial charge >= 0.3 is 5.97 Å². The van der Waals surface area contributed by atoms with Crippen molar-refractivity contribution in [1.82, 2.24) is 14.7 Å². The number of anilines is 1. The van der Waals surface area contributed by atoms with Gasteiger partial charge in [-0.15, -0.1) is 11.3 Å². The summed E-state index contributed by atoms with van der Waals surface area (Å²) in [5.41, 5.74) is 3.43. The van der Waals surface area contributed by atoms with Crippen molar-refractivity contribution in [2.75, 3.05) is 26.0 Å². The molecule has 0 saturated carbocycles. The third-order valence-electron chi connectivity index (χ3n) is 4.22. The molecule has 0 atom stereocenters. The van der Waals surface area contributed by atoms with E-state index in [1.807, 2.05) is 50.6 Å². The van der Waals surface area contributed by atoms with Crippen LogP contribution >= 0.6 is 11.3 Å². The molecule has 2 heterocycles. The van der Waals surface area contributed by atoms with E-state index in [-0.39, 0.29) is 12.5 Å². The Morgan fingerprint density at radius 2 is 2.04 bits per heavy atom. The maximum atomic E-state index is 12.4. The van der Waals surface area contributed by atoms with Crippen molar-refractivity contribution in [3.63, 3.8) is 0 Å². The first-order chi connectivity index (χ1) is 11.7. The van der Waals surface area contributed by atoms with E-state index in [2.05, 4.69) is 10.4 Å². The third-order valence-corrected chi connectivity index (χ3v) is 5.34. The average Bonchev–Trinajstić information content (AvgIpc) is 3.00. The highest BCUT2D eigenvalue weighted by Gasteiger charge is 2.22. The molecule has 0 saturated heterocycles. The predicted octanol–water partition coefficient (Wildman–Crippen LogP) is 2.26. The van der Waals surface area contributed by atoms with Gasteiger partial charge in [-0.25, -0.2) is 4.79 Å². The number of methoxy groups -OCH3 is 1. The van der Waals surface area contributed by atoms with Crippen molar-refractivity contribution < 1.29 is 14.3 Å². The van der Waals surface area contributed by atoms with Gasteiger partial charge in [-0.3, -0.25) is 14.4 Å². The largest absolute Gasteiger partial charge is 0.465 e. The minimum Gasteiger partial charge on any atom is -0.465 e. The number of amides is 1. The van der Waals surface area contributed by atoms with E-state index in [0.717, 1.165) is 21.7 Å². The lowest BCUT2D eigenvalue weighted by Gasteiger charge is -2.16. The molecule has 0 spiro atoms. The van der Waals surface area contributed by atoms with Crippen molar-refractivity contribution in [3.05, 3.63) is 33.5 Å².